The first kappa shape index (κ1) is 23.0. The van der Waals surface area contributed by atoms with Gasteiger partial charge in [-0.25, -0.2) is 0 Å². The van der Waals surface area contributed by atoms with Gasteiger partial charge < -0.3 is 24.8 Å². The largest absolute Gasteiger partial charge is 0.383 e. The summed E-state index contributed by atoms with van der Waals surface area (Å²) in [6, 6.07) is 8.19. The molecule has 3 heterocycles. The van der Waals surface area contributed by atoms with E-state index in [0.29, 0.717) is 13.2 Å². The molecule has 0 spiro atoms. The van der Waals surface area contributed by atoms with Crippen molar-refractivity contribution < 1.29 is 14.3 Å². The lowest BCUT2D eigenvalue weighted by Crippen LogP contribution is -2.53. The molecule has 3 aliphatic heterocycles. The van der Waals surface area contributed by atoms with E-state index in [1.165, 1.54) is 0 Å². The predicted octanol–water partition coefficient (Wildman–Crippen LogP) is 0.882. The molecule has 0 unspecified atom stereocenters. The average molecular weight is 444 g/mol. The van der Waals surface area contributed by atoms with Gasteiger partial charge in [0, 0.05) is 77.3 Å². The van der Waals surface area contributed by atoms with Crippen LogP contribution in [0, 0.1) is 0 Å². The van der Waals surface area contributed by atoms with Gasteiger partial charge in [-0.05, 0) is 37.5 Å². The third kappa shape index (κ3) is 5.60. The van der Waals surface area contributed by atoms with E-state index >= 15 is 0 Å². The number of nitrogens with zero attached hydrogens (tertiary/aromatic N) is 4. The molecule has 0 saturated carbocycles. The van der Waals surface area contributed by atoms with Gasteiger partial charge in [0.05, 0.1) is 19.2 Å². The van der Waals surface area contributed by atoms with Crippen LogP contribution in [0.5, 0.6) is 0 Å². The topological polar surface area (TPSA) is 68.4 Å². The summed E-state index contributed by atoms with van der Waals surface area (Å²) in [5.41, 5.74) is 1.84. The lowest BCUT2D eigenvalue weighted by Gasteiger charge is -2.37. The van der Waals surface area contributed by atoms with Crippen molar-refractivity contribution >= 4 is 17.5 Å². The van der Waals surface area contributed by atoms with Crippen LogP contribution in [0.15, 0.2) is 24.3 Å². The molecule has 8 nitrogen and oxygen atoms in total. The molecule has 2 amide bonds. The van der Waals surface area contributed by atoms with Crippen LogP contribution in [0.3, 0.4) is 0 Å². The number of rotatable bonds is 6. The number of piperidine rings is 1. The summed E-state index contributed by atoms with van der Waals surface area (Å²) in [6.45, 7) is 8.74. The van der Waals surface area contributed by atoms with Crippen molar-refractivity contribution in [2.75, 3.05) is 84.1 Å². The maximum Gasteiger partial charge on any atom is 0.254 e. The van der Waals surface area contributed by atoms with E-state index in [0.717, 1.165) is 89.4 Å². The fraction of sp³-hybridized carbons (Fsp3) is 0.667. The van der Waals surface area contributed by atoms with Crippen molar-refractivity contribution in [3.63, 3.8) is 0 Å². The number of likely N-dealkylation sites (tertiary alicyclic amines) is 1. The van der Waals surface area contributed by atoms with Crippen LogP contribution in [0.4, 0.5) is 5.69 Å². The van der Waals surface area contributed by atoms with Crippen LogP contribution in [-0.4, -0.2) is 112 Å². The average Bonchev–Trinajstić information content (AvgIpc) is 2.85. The van der Waals surface area contributed by atoms with Crippen LogP contribution in [-0.2, 0) is 9.53 Å². The molecule has 32 heavy (non-hydrogen) atoms. The molecule has 1 atom stereocenters. The smallest absolute Gasteiger partial charge is 0.254 e. The van der Waals surface area contributed by atoms with E-state index < -0.39 is 0 Å². The number of anilines is 1. The molecule has 8 heteroatoms. The normalized spacial score (nSPS) is 22.8. The molecule has 0 aliphatic carbocycles. The number of piperazine rings is 2. The highest BCUT2D eigenvalue weighted by molar-refractivity contribution is 5.95. The number of carbonyl (C=O) groups is 2. The summed E-state index contributed by atoms with van der Waals surface area (Å²) in [4.78, 5) is 34.3. The van der Waals surface area contributed by atoms with E-state index in [4.69, 9.17) is 4.74 Å². The number of ether oxygens (including phenoxy) is 1. The molecule has 0 radical (unpaired) electrons. The summed E-state index contributed by atoms with van der Waals surface area (Å²) in [6.07, 6.45) is 3.22. The van der Waals surface area contributed by atoms with Crippen LogP contribution in [0.25, 0.3) is 0 Å². The van der Waals surface area contributed by atoms with Crippen molar-refractivity contribution in [1.82, 2.24) is 20.0 Å². The summed E-state index contributed by atoms with van der Waals surface area (Å²) < 4.78 is 5.36. The summed E-state index contributed by atoms with van der Waals surface area (Å²) in [5.74, 6) is 0.341. The van der Waals surface area contributed by atoms with Gasteiger partial charge in [-0.2, -0.15) is 0 Å². The highest BCUT2D eigenvalue weighted by Crippen LogP contribution is 2.23. The molecular weight excluding hydrogens is 406 g/mol. The second kappa shape index (κ2) is 11.1. The van der Waals surface area contributed by atoms with E-state index in [1.54, 1.807) is 7.11 Å². The highest BCUT2D eigenvalue weighted by Gasteiger charge is 2.28. The zero-order valence-corrected chi connectivity index (χ0v) is 19.3. The molecule has 3 aliphatic rings. The number of benzene rings is 1. The van der Waals surface area contributed by atoms with E-state index in [-0.39, 0.29) is 17.9 Å². The molecule has 3 fully saturated rings. The maximum atomic E-state index is 13.2. The number of methoxy groups -OCH3 is 1. The first-order valence-electron chi connectivity index (χ1n) is 12.0. The Kier molecular flexibility index (Phi) is 8.00. The first-order valence-corrected chi connectivity index (χ1v) is 12.0. The molecule has 0 aromatic heterocycles. The Morgan fingerprint density at radius 2 is 1.81 bits per heavy atom. The lowest BCUT2D eigenvalue weighted by molar-refractivity contribution is -0.133. The third-order valence-corrected chi connectivity index (χ3v) is 6.91. The van der Waals surface area contributed by atoms with E-state index in [9.17, 15) is 9.59 Å². The standard InChI is InChI=1S/C24H37N5O3/c1-32-19-22-6-2-3-10-29(22)24(31)20-5-4-7-21(17-20)27-15-13-26(14-16-27)18-23(30)28-11-8-25-9-12-28/h4-5,7,17,22,25H,2-3,6,8-16,18-19H2,1H3/t22-/m1/s1. The molecule has 1 aromatic rings. The van der Waals surface area contributed by atoms with Crippen molar-refractivity contribution in [3.05, 3.63) is 29.8 Å². The van der Waals surface area contributed by atoms with Crippen LogP contribution < -0.4 is 10.2 Å². The lowest BCUT2D eigenvalue weighted by atomic mass is 10.0. The number of amides is 2. The minimum Gasteiger partial charge on any atom is -0.383 e. The molecule has 3 saturated heterocycles. The van der Waals surface area contributed by atoms with Gasteiger partial charge in [-0.15, -0.1) is 0 Å². The minimum atomic E-state index is 0.105. The minimum absolute atomic E-state index is 0.105. The quantitative estimate of drug-likeness (QED) is 0.704. The number of nitrogens with one attached hydrogen (secondary N) is 1. The Hall–Kier alpha value is -2.16. The van der Waals surface area contributed by atoms with Gasteiger partial charge >= 0.3 is 0 Å². The zero-order valence-electron chi connectivity index (χ0n) is 19.3. The second-order valence-corrected chi connectivity index (χ2v) is 9.05. The zero-order chi connectivity index (χ0) is 22.3. The Balaban J connectivity index is 1.33. The van der Waals surface area contributed by atoms with Gasteiger partial charge in [-0.1, -0.05) is 6.07 Å². The van der Waals surface area contributed by atoms with E-state index in [1.807, 2.05) is 28.0 Å². The SMILES string of the molecule is COC[C@H]1CCCCN1C(=O)c1cccc(N2CCN(CC(=O)N3CCNCC3)CC2)c1. The number of hydrogen-bond donors (Lipinski definition) is 1. The monoisotopic (exact) mass is 443 g/mol. The molecule has 0 bridgehead atoms. The van der Waals surface area contributed by atoms with E-state index in [2.05, 4.69) is 21.2 Å². The van der Waals surface area contributed by atoms with Gasteiger partial charge in [0.1, 0.15) is 0 Å². The predicted molar refractivity (Wildman–Crippen MR) is 125 cm³/mol. The van der Waals surface area contributed by atoms with Gasteiger partial charge in [0.2, 0.25) is 5.91 Å². The molecule has 1 N–H and O–H groups in total. The Labute approximate surface area is 191 Å². The van der Waals surface area contributed by atoms with Crippen molar-refractivity contribution in [2.24, 2.45) is 0 Å². The maximum absolute atomic E-state index is 13.2. The number of hydrogen-bond acceptors (Lipinski definition) is 6. The van der Waals surface area contributed by atoms with Crippen LogP contribution >= 0.6 is 0 Å². The Morgan fingerprint density at radius 3 is 2.56 bits per heavy atom. The van der Waals surface area contributed by atoms with Crippen LogP contribution in [0.2, 0.25) is 0 Å². The summed E-state index contributed by atoms with van der Waals surface area (Å²) >= 11 is 0. The van der Waals surface area contributed by atoms with Gasteiger partial charge in [0.15, 0.2) is 0 Å². The highest BCUT2D eigenvalue weighted by atomic mass is 16.5. The van der Waals surface area contributed by atoms with Gasteiger partial charge in [0.25, 0.3) is 5.91 Å². The second-order valence-electron chi connectivity index (χ2n) is 9.05. The van der Waals surface area contributed by atoms with Crippen LogP contribution in [0.1, 0.15) is 29.6 Å². The molecule has 176 valence electrons. The van der Waals surface area contributed by atoms with Crippen molar-refractivity contribution in [1.29, 1.82) is 0 Å². The van der Waals surface area contributed by atoms with Crippen molar-refractivity contribution in [2.45, 2.75) is 25.3 Å². The fourth-order valence-corrected chi connectivity index (χ4v) is 5.00. The van der Waals surface area contributed by atoms with Crippen molar-refractivity contribution in [3.8, 4) is 0 Å². The van der Waals surface area contributed by atoms with Gasteiger partial charge in [-0.3, -0.25) is 14.5 Å². The fourth-order valence-electron chi connectivity index (χ4n) is 5.00. The third-order valence-electron chi connectivity index (χ3n) is 6.91. The summed E-state index contributed by atoms with van der Waals surface area (Å²) in [7, 11) is 1.70. The number of carbonyl (C=O) groups excluding carboxylic acids is 2. The molecular formula is C24H37N5O3. The molecule has 4 rings (SSSR count). The Morgan fingerprint density at radius 1 is 1.03 bits per heavy atom. The first-order chi connectivity index (χ1) is 15.7. The summed E-state index contributed by atoms with van der Waals surface area (Å²) in [5, 5.41) is 3.29. The molecule has 1 aromatic carbocycles. The Bertz CT molecular complexity index is 773.